The van der Waals surface area contributed by atoms with Crippen LogP contribution in [-0.4, -0.2) is 34.7 Å². The van der Waals surface area contributed by atoms with Crippen molar-refractivity contribution in [3.63, 3.8) is 0 Å². The second kappa shape index (κ2) is 7.84. The van der Waals surface area contributed by atoms with Gasteiger partial charge in [-0.05, 0) is 51.4 Å². The third-order valence-electron chi connectivity index (χ3n) is 7.28. The quantitative estimate of drug-likeness (QED) is 0.747. The lowest BCUT2D eigenvalue weighted by atomic mass is 9.71. The Morgan fingerprint density at radius 3 is 2.52 bits per heavy atom. The van der Waals surface area contributed by atoms with Crippen molar-refractivity contribution in [3.8, 4) is 0 Å². The van der Waals surface area contributed by atoms with Gasteiger partial charge < -0.3 is 4.42 Å². The molecular weight excluding hydrogens is 336 g/mol. The molecule has 0 aromatic carbocycles. The standard InChI is InChI=1S/C22H32N4O/c1-2-7-15(8-3-1)21-25-26-22(27-21)18-13-20(16-9-6-12-23-14-16)24-19-11-5-4-10-17(18)19/h14-18,20H,1-13H2. The lowest BCUT2D eigenvalue weighted by Gasteiger charge is -2.38. The van der Waals surface area contributed by atoms with Crippen molar-refractivity contribution >= 4 is 11.9 Å². The minimum atomic E-state index is 0.355. The largest absolute Gasteiger partial charge is 0.425 e. The molecule has 0 radical (unpaired) electrons. The van der Waals surface area contributed by atoms with Gasteiger partial charge in [0.2, 0.25) is 11.8 Å². The van der Waals surface area contributed by atoms with Gasteiger partial charge in [0.1, 0.15) is 0 Å². The number of fused-ring (bicyclic) bond motifs is 1. The molecule has 0 amide bonds. The molecule has 5 nitrogen and oxygen atoms in total. The number of aromatic nitrogens is 2. The van der Waals surface area contributed by atoms with E-state index in [1.807, 2.05) is 0 Å². The third kappa shape index (κ3) is 3.62. The predicted molar refractivity (Wildman–Crippen MR) is 107 cm³/mol. The Hall–Kier alpha value is -1.52. The molecule has 4 unspecified atom stereocenters. The Morgan fingerprint density at radius 1 is 0.815 bits per heavy atom. The van der Waals surface area contributed by atoms with Gasteiger partial charge >= 0.3 is 0 Å². The Morgan fingerprint density at radius 2 is 1.67 bits per heavy atom. The van der Waals surface area contributed by atoms with Gasteiger partial charge in [0.15, 0.2) is 0 Å². The number of hydrogen-bond donors (Lipinski definition) is 0. The first kappa shape index (κ1) is 17.6. The smallest absolute Gasteiger partial charge is 0.220 e. The van der Waals surface area contributed by atoms with Crippen LogP contribution in [0, 0.1) is 11.8 Å². The van der Waals surface area contributed by atoms with Crippen LogP contribution in [0.15, 0.2) is 14.4 Å². The Labute approximate surface area is 162 Å². The predicted octanol–water partition coefficient (Wildman–Crippen LogP) is 5.09. The van der Waals surface area contributed by atoms with Crippen LogP contribution in [0.25, 0.3) is 0 Å². The molecule has 2 aliphatic heterocycles. The van der Waals surface area contributed by atoms with E-state index in [1.165, 1.54) is 69.9 Å². The fourth-order valence-corrected chi connectivity index (χ4v) is 5.76. The first-order valence-electron chi connectivity index (χ1n) is 11.3. The van der Waals surface area contributed by atoms with E-state index in [0.29, 0.717) is 29.7 Å². The highest BCUT2D eigenvalue weighted by Gasteiger charge is 2.40. The monoisotopic (exact) mass is 368 g/mol. The Kier molecular flexibility index (Phi) is 5.10. The fourth-order valence-electron chi connectivity index (χ4n) is 5.76. The van der Waals surface area contributed by atoms with Crippen LogP contribution in [0.3, 0.4) is 0 Å². The van der Waals surface area contributed by atoms with E-state index in [-0.39, 0.29) is 0 Å². The molecule has 0 bridgehead atoms. The molecule has 5 rings (SSSR count). The van der Waals surface area contributed by atoms with E-state index in [9.17, 15) is 0 Å². The zero-order chi connectivity index (χ0) is 18.1. The maximum absolute atomic E-state index is 6.34. The van der Waals surface area contributed by atoms with Crippen LogP contribution in [0.5, 0.6) is 0 Å². The lowest BCUT2D eigenvalue weighted by molar-refractivity contribution is 0.280. The highest BCUT2D eigenvalue weighted by Crippen LogP contribution is 2.43. The Bertz CT molecular complexity index is 703. The average Bonchev–Trinajstić information content (AvgIpc) is 3.24. The van der Waals surface area contributed by atoms with Crippen molar-refractivity contribution in [2.75, 3.05) is 6.54 Å². The van der Waals surface area contributed by atoms with Crippen LogP contribution in [0.1, 0.15) is 101 Å². The summed E-state index contributed by atoms with van der Waals surface area (Å²) in [7, 11) is 0. The topological polar surface area (TPSA) is 63.6 Å². The van der Waals surface area contributed by atoms with Crippen LogP contribution >= 0.6 is 0 Å². The molecule has 3 heterocycles. The molecule has 0 N–H and O–H groups in total. The van der Waals surface area contributed by atoms with Gasteiger partial charge in [-0.3, -0.25) is 9.98 Å². The number of nitrogens with zero attached hydrogens (tertiary/aromatic N) is 4. The van der Waals surface area contributed by atoms with Crippen LogP contribution < -0.4 is 0 Å². The van der Waals surface area contributed by atoms with Crippen molar-refractivity contribution in [2.45, 2.75) is 94.9 Å². The van der Waals surface area contributed by atoms with Gasteiger partial charge in [0.25, 0.3) is 0 Å². The number of rotatable bonds is 3. The maximum atomic E-state index is 6.34. The van der Waals surface area contributed by atoms with E-state index in [2.05, 4.69) is 21.4 Å². The van der Waals surface area contributed by atoms with E-state index in [4.69, 9.17) is 9.41 Å². The molecule has 1 aromatic heterocycles. The van der Waals surface area contributed by atoms with Crippen LogP contribution in [0.2, 0.25) is 0 Å². The summed E-state index contributed by atoms with van der Waals surface area (Å²) in [5.74, 6) is 3.67. The SMILES string of the molecule is C1=NCCCC1C1CC(c2nnc(C3CCCCC3)o2)C2CCCCC2=N1. The summed E-state index contributed by atoms with van der Waals surface area (Å²) < 4.78 is 6.34. The summed E-state index contributed by atoms with van der Waals surface area (Å²) in [6.07, 6.45) is 17.0. The molecule has 5 heteroatoms. The average molecular weight is 369 g/mol. The number of hydrogen-bond acceptors (Lipinski definition) is 5. The second-order valence-corrected chi connectivity index (χ2v) is 9.06. The molecule has 2 saturated carbocycles. The zero-order valence-electron chi connectivity index (χ0n) is 16.4. The van der Waals surface area contributed by atoms with Gasteiger partial charge in [-0.25, -0.2) is 0 Å². The zero-order valence-corrected chi connectivity index (χ0v) is 16.4. The highest BCUT2D eigenvalue weighted by molar-refractivity contribution is 5.89. The van der Waals surface area contributed by atoms with Gasteiger partial charge in [-0.2, -0.15) is 0 Å². The molecule has 1 aromatic rings. The molecule has 4 atom stereocenters. The van der Waals surface area contributed by atoms with E-state index in [1.54, 1.807) is 0 Å². The first-order valence-corrected chi connectivity index (χ1v) is 11.3. The summed E-state index contributed by atoms with van der Waals surface area (Å²) in [5.41, 5.74) is 1.43. The summed E-state index contributed by atoms with van der Waals surface area (Å²) in [6.45, 7) is 0.986. The van der Waals surface area contributed by atoms with Crippen LogP contribution in [0.4, 0.5) is 0 Å². The fraction of sp³-hybridized carbons (Fsp3) is 0.818. The van der Waals surface area contributed by atoms with E-state index < -0.39 is 0 Å². The van der Waals surface area contributed by atoms with E-state index >= 15 is 0 Å². The maximum Gasteiger partial charge on any atom is 0.220 e. The van der Waals surface area contributed by atoms with Gasteiger partial charge in [0, 0.05) is 42.1 Å². The van der Waals surface area contributed by atoms with Gasteiger partial charge in [-0.15, -0.1) is 10.2 Å². The summed E-state index contributed by atoms with van der Waals surface area (Å²) >= 11 is 0. The first-order chi connectivity index (χ1) is 13.4. The molecule has 0 spiro atoms. The summed E-state index contributed by atoms with van der Waals surface area (Å²) in [6, 6.07) is 0.355. The molecule has 146 valence electrons. The minimum Gasteiger partial charge on any atom is -0.425 e. The second-order valence-electron chi connectivity index (χ2n) is 9.06. The van der Waals surface area contributed by atoms with E-state index in [0.717, 1.165) is 31.2 Å². The highest BCUT2D eigenvalue weighted by atomic mass is 16.4. The van der Waals surface area contributed by atoms with Gasteiger partial charge in [0.05, 0.1) is 6.04 Å². The van der Waals surface area contributed by atoms with Crippen LogP contribution in [-0.2, 0) is 0 Å². The third-order valence-corrected chi connectivity index (χ3v) is 7.28. The van der Waals surface area contributed by atoms with Crippen molar-refractivity contribution in [1.82, 2.24) is 10.2 Å². The molecular formula is C22H32N4O. The lowest BCUT2D eigenvalue weighted by Crippen LogP contribution is -2.37. The molecule has 4 aliphatic rings. The summed E-state index contributed by atoms with van der Waals surface area (Å²) in [4.78, 5) is 9.79. The molecule has 27 heavy (non-hydrogen) atoms. The molecule has 0 saturated heterocycles. The van der Waals surface area contributed by atoms with Gasteiger partial charge in [-0.1, -0.05) is 25.7 Å². The van der Waals surface area contributed by atoms with Crippen molar-refractivity contribution in [2.24, 2.45) is 21.8 Å². The normalized spacial score (nSPS) is 34.9. The van der Waals surface area contributed by atoms with Crippen molar-refractivity contribution in [1.29, 1.82) is 0 Å². The number of aliphatic imine (C=N–C) groups is 2. The van der Waals surface area contributed by atoms with Crippen molar-refractivity contribution in [3.05, 3.63) is 11.8 Å². The molecule has 2 fully saturated rings. The minimum absolute atomic E-state index is 0.355. The summed E-state index contributed by atoms with van der Waals surface area (Å²) in [5, 5.41) is 9.09. The van der Waals surface area contributed by atoms with Crippen molar-refractivity contribution < 1.29 is 4.42 Å². The molecule has 2 aliphatic carbocycles. The Balaban J connectivity index is 1.40.